The summed E-state index contributed by atoms with van der Waals surface area (Å²) in [5.74, 6) is 0.799. The molecule has 30 heavy (non-hydrogen) atoms. The van der Waals surface area contributed by atoms with Gasteiger partial charge in [0.15, 0.2) is 0 Å². The zero-order chi connectivity index (χ0) is 20.5. The zero-order valence-electron chi connectivity index (χ0n) is 16.2. The first kappa shape index (κ1) is 23.5. The van der Waals surface area contributed by atoms with Gasteiger partial charge >= 0.3 is 0 Å². The predicted molar refractivity (Wildman–Crippen MR) is 123 cm³/mol. The SMILES string of the molecule is Cl.O=[N+]([O-])c1ccc(NCCNCc2cccc(OCc3ccccc3Cl)c2)cc1. The summed E-state index contributed by atoms with van der Waals surface area (Å²) in [5, 5.41) is 18.0. The average Bonchev–Trinajstić information content (AvgIpc) is 2.73. The lowest BCUT2D eigenvalue weighted by atomic mass is 10.2. The highest BCUT2D eigenvalue weighted by Crippen LogP contribution is 2.19. The zero-order valence-corrected chi connectivity index (χ0v) is 17.8. The Hall–Kier alpha value is -2.80. The minimum atomic E-state index is -0.405. The van der Waals surface area contributed by atoms with E-state index in [1.54, 1.807) is 12.1 Å². The van der Waals surface area contributed by atoms with Crippen molar-refractivity contribution < 1.29 is 9.66 Å². The second-order valence-corrected chi connectivity index (χ2v) is 6.84. The summed E-state index contributed by atoms with van der Waals surface area (Å²) in [6, 6.07) is 22.0. The number of nitro benzene ring substituents is 1. The molecule has 3 aromatic carbocycles. The van der Waals surface area contributed by atoms with E-state index in [9.17, 15) is 10.1 Å². The van der Waals surface area contributed by atoms with Gasteiger partial charge in [-0.3, -0.25) is 10.1 Å². The van der Waals surface area contributed by atoms with Gasteiger partial charge in [0.25, 0.3) is 5.69 Å². The first-order valence-corrected chi connectivity index (χ1v) is 9.64. The molecule has 0 aliphatic carbocycles. The Morgan fingerprint density at radius 3 is 2.47 bits per heavy atom. The summed E-state index contributed by atoms with van der Waals surface area (Å²) in [7, 11) is 0. The largest absolute Gasteiger partial charge is 0.489 e. The van der Waals surface area contributed by atoms with Crippen LogP contribution in [-0.4, -0.2) is 18.0 Å². The van der Waals surface area contributed by atoms with Gasteiger partial charge in [0.2, 0.25) is 0 Å². The summed E-state index contributed by atoms with van der Waals surface area (Å²) >= 11 is 6.16. The summed E-state index contributed by atoms with van der Waals surface area (Å²) < 4.78 is 5.85. The van der Waals surface area contributed by atoms with Crippen LogP contribution < -0.4 is 15.4 Å². The third-order valence-electron chi connectivity index (χ3n) is 4.29. The Labute approximate surface area is 186 Å². The minimum absolute atomic E-state index is 0. The molecule has 158 valence electrons. The Morgan fingerprint density at radius 1 is 0.967 bits per heavy atom. The van der Waals surface area contributed by atoms with Gasteiger partial charge in [0, 0.05) is 48.0 Å². The van der Waals surface area contributed by atoms with Crippen molar-refractivity contribution in [3.8, 4) is 5.75 Å². The monoisotopic (exact) mass is 447 g/mol. The maximum absolute atomic E-state index is 10.7. The maximum Gasteiger partial charge on any atom is 0.269 e. The van der Waals surface area contributed by atoms with Crippen LogP contribution in [0.1, 0.15) is 11.1 Å². The van der Waals surface area contributed by atoms with E-state index in [4.69, 9.17) is 16.3 Å². The molecule has 0 amide bonds. The number of nitro groups is 1. The third-order valence-corrected chi connectivity index (χ3v) is 4.66. The number of halogens is 2. The Kier molecular flexibility index (Phi) is 9.41. The maximum atomic E-state index is 10.7. The quantitative estimate of drug-likeness (QED) is 0.245. The highest BCUT2D eigenvalue weighted by atomic mass is 35.5. The fraction of sp³-hybridized carbons (Fsp3) is 0.182. The smallest absolute Gasteiger partial charge is 0.269 e. The van der Waals surface area contributed by atoms with E-state index in [-0.39, 0.29) is 18.1 Å². The molecule has 0 aromatic heterocycles. The van der Waals surface area contributed by atoms with Gasteiger partial charge in [-0.2, -0.15) is 0 Å². The van der Waals surface area contributed by atoms with Crippen molar-refractivity contribution in [1.29, 1.82) is 0 Å². The van der Waals surface area contributed by atoms with Crippen molar-refractivity contribution >= 4 is 35.4 Å². The van der Waals surface area contributed by atoms with Gasteiger partial charge in [0.05, 0.1) is 4.92 Å². The van der Waals surface area contributed by atoms with Crippen molar-refractivity contribution in [3.63, 3.8) is 0 Å². The molecule has 0 bridgehead atoms. The second-order valence-electron chi connectivity index (χ2n) is 6.44. The lowest BCUT2D eigenvalue weighted by molar-refractivity contribution is -0.384. The Bertz CT molecular complexity index is 952. The molecule has 3 aromatic rings. The molecule has 0 heterocycles. The van der Waals surface area contributed by atoms with Gasteiger partial charge in [-0.15, -0.1) is 12.4 Å². The van der Waals surface area contributed by atoms with E-state index < -0.39 is 4.92 Å². The van der Waals surface area contributed by atoms with Crippen LogP contribution in [0.2, 0.25) is 5.02 Å². The van der Waals surface area contributed by atoms with Gasteiger partial charge in [-0.25, -0.2) is 0 Å². The summed E-state index contributed by atoms with van der Waals surface area (Å²) in [6.07, 6.45) is 0. The molecule has 0 aliphatic heterocycles. The number of non-ortho nitro benzene ring substituents is 1. The standard InChI is InChI=1S/C22H22ClN3O3.ClH/c23-22-7-2-1-5-18(22)16-29-21-6-3-4-17(14-21)15-24-12-13-25-19-8-10-20(11-9-19)26(27)28;/h1-11,14,24-25H,12-13,15-16H2;1H. The van der Waals surface area contributed by atoms with Crippen LogP contribution in [0.15, 0.2) is 72.8 Å². The lowest BCUT2D eigenvalue weighted by Gasteiger charge is -2.10. The van der Waals surface area contributed by atoms with Crippen LogP contribution in [0.5, 0.6) is 5.75 Å². The molecular weight excluding hydrogens is 425 g/mol. The van der Waals surface area contributed by atoms with Crippen LogP contribution in [0.4, 0.5) is 11.4 Å². The molecule has 0 aliphatic rings. The van der Waals surface area contributed by atoms with Gasteiger partial charge < -0.3 is 15.4 Å². The summed E-state index contributed by atoms with van der Waals surface area (Å²) in [4.78, 5) is 10.3. The highest BCUT2D eigenvalue weighted by molar-refractivity contribution is 6.31. The molecule has 0 saturated heterocycles. The van der Waals surface area contributed by atoms with E-state index >= 15 is 0 Å². The Balaban J connectivity index is 0.00000320. The predicted octanol–water partition coefficient (Wildman–Crippen LogP) is 5.45. The van der Waals surface area contributed by atoms with Crippen LogP contribution in [-0.2, 0) is 13.2 Å². The molecule has 0 atom stereocenters. The number of hydrogen-bond donors (Lipinski definition) is 2. The number of benzene rings is 3. The van der Waals surface area contributed by atoms with Crippen LogP contribution in [0, 0.1) is 10.1 Å². The van der Waals surface area contributed by atoms with Crippen LogP contribution >= 0.6 is 24.0 Å². The molecule has 0 spiro atoms. The van der Waals surface area contributed by atoms with Gasteiger partial charge in [-0.1, -0.05) is 41.9 Å². The first-order valence-electron chi connectivity index (χ1n) is 9.26. The number of rotatable bonds is 10. The molecule has 0 fully saturated rings. The number of nitrogens with one attached hydrogen (secondary N) is 2. The van der Waals surface area contributed by atoms with Crippen molar-refractivity contribution in [2.24, 2.45) is 0 Å². The minimum Gasteiger partial charge on any atom is -0.489 e. The second kappa shape index (κ2) is 12.0. The normalized spacial score (nSPS) is 10.2. The number of ether oxygens (including phenoxy) is 1. The van der Waals surface area contributed by atoms with E-state index in [1.165, 1.54) is 12.1 Å². The van der Waals surface area contributed by atoms with Crippen molar-refractivity contribution in [2.45, 2.75) is 13.2 Å². The lowest BCUT2D eigenvalue weighted by Crippen LogP contribution is -2.21. The van der Waals surface area contributed by atoms with Gasteiger partial charge in [-0.05, 0) is 35.9 Å². The molecular formula is C22H23Cl2N3O3. The first-order chi connectivity index (χ1) is 14.1. The molecule has 0 radical (unpaired) electrons. The fourth-order valence-electron chi connectivity index (χ4n) is 2.75. The molecule has 6 nitrogen and oxygen atoms in total. The number of anilines is 1. The van der Waals surface area contributed by atoms with Crippen molar-refractivity contribution in [2.75, 3.05) is 18.4 Å². The van der Waals surface area contributed by atoms with Crippen molar-refractivity contribution in [1.82, 2.24) is 5.32 Å². The molecule has 0 saturated carbocycles. The van der Waals surface area contributed by atoms with E-state index in [0.717, 1.165) is 29.1 Å². The third kappa shape index (κ3) is 7.22. The van der Waals surface area contributed by atoms with Crippen LogP contribution in [0.25, 0.3) is 0 Å². The van der Waals surface area contributed by atoms with Crippen molar-refractivity contribution in [3.05, 3.63) is 99.1 Å². The van der Waals surface area contributed by atoms with Gasteiger partial charge in [0.1, 0.15) is 12.4 Å². The van der Waals surface area contributed by atoms with E-state index in [2.05, 4.69) is 10.6 Å². The van der Waals surface area contributed by atoms with E-state index in [1.807, 2.05) is 48.5 Å². The molecule has 3 rings (SSSR count). The van der Waals surface area contributed by atoms with E-state index in [0.29, 0.717) is 24.7 Å². The molecule has 0 unspecified atom stereocenters. The molecule has 8 heteroatoms. The highest BCUT2D eigenvalue weighted by Gasteiger charge is 2.04. The Morgan fingerprint density at radius 2 is 1.73 bits per heavy atom. The summed E-state index contributed by atoms with van der Waals surface area (Å²) in [5.41, 5.74) is 3.02. The number of hydrogen-bond acceptors (Lipinski definition) is 5. The topological polar surface area (TPSA) is 76.4 Å². The fourth-order valence-corrected chi connectivity index (χ4v) is 2.94. The number of nitrogens with zero attached hydrogens (tertiary/aromatic N) is 1. The summed E-state index contributed by atoms with van der Waals surface area (Å²) in [6.45, 7) is 2.60. The molecule has 2 N–H and O–H groups in total. The average molecular weight is 448 g/mol. The van der Waals surface area contributed by atoms with Crippen LogP contribution in [0.3, 0.4) is 0 Å².